The summed E-state index contributed by atoms with van der Waals surface area (Å²) < 4.78 is 0. The maximum atomic E-state index is 12.5. The Morgan fingerprint density at radius 1 is 1.07 bits per heavy atom. The Morgan fingerprint density at radius 2 is 1.77 bits per heavy atom. The Bertz CT molecular complexity index is 697. The van der Waals surface area contributed by atoms with Crippen molar-refractivity contribution >= 4 is 35.8 Å². The second-order valence-electron chi connectivity index (χ2n) is 8.45. The zero-order chi connectivity index (χ0) is 20.6. The number of piperazine rings is 1. The average molecular weight is 527 g/mol. The first-order valence-electron chi connectivity index (χ1n) is 11.1. The predicted octanol–water partition coefficient (Wildman–Crippen LogP) is 2.92. The van der Waals surface area contributed by atoms with Crippen LogP contribution in [-0.4, -0.2) is 86.0 Å². The summed E-state index contributed by atoms with van der Waals surface area (Å²) in [5, 5.41) is 3.55. The summed E-state index contributed by atoms with van der Waals surface area (Å²) in [6, 6.07) is 8.71. The number of nitrogens with one attached hydrogen (secondary N) is 1. The smallest absolute Gasteiger partial charge is 0.236 e. The van der Waals surface area contributed by atoms with Crippen molar-refractivity contribution in [3.8, 4) is 0 Å². The van der Waals surface area contributed by atoms with E-state index in [2.05, 4.69) is 58.2 Å². The van der Waals surface area contributed by atoms with Gasteiger partial charge in [-0.15, -0.1) is 24.0 Å². The maximum absolute atomic E-state index is 12.5. The number of carbonyl (C=O) groups is 1. The average Bonchev–Trinajstić information content (AvgIpc) is 2.75. The quantitative estimate of drug-likeness (QED) is 0.364. The molecule has 1 unspecified atom stereocenters. The van der Waals surface area contributed by atoms with E-state index in [9.17, 15) is 4.79 Å². The molecule has 1 aromatic rings. The van der Waals surface area contributed by atoms with Gasteiger partial charge in [0.1, 0.15) is 0 Å². The number of halogens is 1. The van der Waals surface area contributed by atoms with Gasteiger partial charge in [0.05, 0.1) is 6.54 Å². The van der Waals surface area contributed by atoms with Gasteiger partial charge in [0.15, 0.2) is 5.96 Å². The fraction of sp³-hybridized carbons (Fsp3) is 0.652. The Labute approximate surface area is 199 Å². The zero-order valence-electron chi connectivity index (χ0n) is 18.8. The van der Waals surface area contributed by atoms with Crippen LogP contribution in [0.25, 0.3) is 0 Å². The van der Waals surface area contributed by atoms with Crippen LogP contribution in [0.15, 0.2) is 29.3 Å². The Kier molecular flexibility index (Phi) is 10.4. The van der Waals surface area contributed by atoms with Crippen LogP contribution in [0.3, 0.4) is 0 Å². The minimum Gasteiger partial charge on any atom is -0.356 e. The highest BCUT2D eigenvalue weighted by Gasteiger charge is 2.24. The fourth-order valence-corrected chi connectivity index (χ4v) is 4.22. The maximum Gasteiger partial charge on any atom is 0.236 e. The first-order valence-corrected chi connectivity index (χ1v) is 11.1. The van der Waals surface area contributed by atoms with Gasteiger partial charge in [-0.2, -0.15) is 0 Å². The van der Waals surface area contributed by atoms with E-state index in [1.54, 1.807) is 0 Å². The minimum absolute atomic E-state index is 0. The van der Waals surface area contributed by atoms with Crippen molar-refractivity contribution in [3.05, 3.63) is 35.4 Å². The molecular formula is C23H38IN5O. The van der Waals surface area contributed by atoms with Crippen LogP contribution < -0.4 is 5.32 Å². The van der Waals surface area contributed by atoms with E-state index in [4.69, 9.17) is 0 Å². The molecule has 168 valence electrons. The van der Waals surface area contributed by atoms with Crippen molar-refractivity contribution in [3.63, 3.8) is 0 Å². The second-order valence-corrected chi connectivity index (χ2v) is 8.45. The number of piperidine rings is 1. The number of amides is 1. The molecule has 2 heterocycles. The van der Waals surface area contributed by atoms with Crippen LogP contribution in [0.4, 0.5) is 0 Å². The van der Waals surface area contributed by atoms with E-state index in [1.165, 1.54) is 17.5 Å². The topological polar surface area (TPSA) is 51.2 Å². The van der Waals surface area contributed by atoms with Crippen LogP contribution in [-0.2, 0) is 4.79 Å². The standard InChI is InChI=1S/C23H37N5O.HI/c1-19-8-7-9-21(16-19)20(2)17-25-23(24-3)28-14-12-26(13-15-28)18-22(29)27-10-5-4-6-11-27;/h7-9,16,20H,4-6,10-15,17-18H2,1-3H3,(H,24,25);1H. The number of rotatable bonds is 5. The van der Waals surface area contributed by atoms with Gasteiger partial charge in [0, 0.05) is 52.9 Å². The summed E-state index contributed by atoms with van der Waals surface area (Å²) in [6.07, 6.45) is 3.57. The third kappa shape index (κ3) is 7.11. The van der Waals surface area contributed by atoms with Gasteiger partial charge >= 0.3 is 0 Å². The molecule has 0 aliphatic carbocycles. The van der Waals surface area contributed by atoms with Crippen molar-refractivity contribution in [2.24, 2.45) is 4.99 Å². The van der Waals surface area contributed by atoms with Crippen LogP contribution >= 0.6 is 24.0 Å². The fourth-order valence-electron chi connectivity index (χ4n) is 4.22. The van der Waals surface area contributed by atoms with E-state index < -0.39 is 0 Å². The summed E-state index contributed by atoms with van der Waals surface area (Å²) in [7, 11) is 1.85. The number of hydrogen-bond acceptors (Lipinski definition) is 3. The van der Waals surface area contributed by atoms with Crippen molar-refractivity contribution in [1.29, 1.82) is 0 Å². The first-order chi connectivity index (χ1) is 14.1. The third-order valence-electron chi connectivity index (χ3n) is 6.13. The molecule has 6 nitrogen and oxygen atoms in total. The molecule has 0 radical (unpaired) electrons. The predicted molar refractivity (Wildman–Crippen MR) is 135 cm³/mol. The highest BCUT2D eigenvalue weighted by Crippen LogP contribution is 2.16. The van der Waals surface area contributed by atoms with E-state index in [1.807, 2.05) is 11.9 Å². The van der Waals surface area contributed by atoms with Crippen LogP contribution in [0.2, 0.25) is 0 Å². The number of hydrogen-bond donors (Lipinski definition) is 1. The number of likely N-dealkylation sites (tertiary alicyclic amines) is 1. The van der Waals surface area contributed by atoms with E-state index >= 15 is 0 Å². The molecule has 0 spiro atoms. The largest absolute Gasteiger partial charge is 0.356 e. The van der Waals surface area contributed by atoms with Crippen molar-refractivity contribution in [2.45, 2.75) is 39.0 Å². The lowest BCUT2D eigenvalue weighted by atomic mass is 9.99. The molecule has 2 aliphatic rings. The Hall–Kier alpha value is -1.35. The molecule has 1 atom stereocenters. The van der Waals surface area contributed by atoms with Gasteiger partial charge < -0.3 is 15.1 Å². The van der Waals surface area contributed by atoms with Crippen LogP contribution in [0.1, 0.15) is 43.2 Å². The molecule has 0 bridgehead atoms. The van der Waals surface area contributed by atoms with Crippen LogP contribution in [0, 0.1) is 6.92 Å². The molecule has 7 heteroatoms. The van der Waals surface area contributed by atoms with Gasteiger partial charge in [-0.05, 0) is 37.7 Å². The van der Waals surface area contributed by atoms with Gasteiger partial charge in [0.25, 0.3) is 0 Å². The summed E-state index contributed by atoms with van der Waals surface area (Å²) in [5.41, 5.74) is 2.66. The van der Waals surface area contributed by atoms with Crippen molar-refractivity contribution < 1.29 is 4.79 Å². The van der Waals surface area contributed by atoms with E-state index in [0.29, 0.717) is 18.4 Å². The third-order valence-corrected chi connectivity index (χ3v) is 6.13. The number of carbonyl (C=O) groups excluding carboxylic acids is 1. The molecule has 1 amide bonds. The summed E-state index contributed by atoms with van der Waals surface area (Å²) in [4.78, 5) is 23.6. The van der Waals surface area contributed by atoms with Gasteiger partial charge in [-0.25, -0.2) is 0 Å². The second kappa shape index (κ2) is 12.5. The number of aryl methyl sites for hydroxylation is 1. The van der Waals surface area contributed by atoms with Crippen LogP contribution in [0.5, 0.6) is 0 Å². The molecule has 2 fully saturated rings. The lowest BCUT2D eigenvalue weighted by molar-refractivity contribution is -0.133. The summed E-state index contributed by atoms with van der Waals surface area (Å²) in [5.74, 6) is 1.69. The SMILES string of the molecule is CN=C(NCC(C)c1cccc(C)c1)N1CCN(CC(=O)N2CCCCC2)CC1.I. The molecule has 1 aromatic carbocycles. The van der Waals surface area contributed by atoms with E-state index in [0.717, 1.165) is 64.6 Å². The molecule has 1 N–H and O–H groups in total. The van der Waals surface area contributed by atoms with Crippen molar-refractivity contribution in [2.75, 3.05) is 59.4 Å². The van der Waals surface area contributed by atoms with Gasteiger partial charge in [0.2, 0.25) is 5.91 Å². The zero-order valence-corrected chi connectivity index (χ0v) is 21.1. The number of nitrogens with zero attached hydrogens (tertiary/aromatic N) is 4. The van der Waals surface area contributed by atoms with Gasteiger partial charge in [-0.1, -0.05) is 36.8 Å². The molecular weight excluding hydrogens is 489 g/mol. The Morgan fingerprint density at radius 3 is 2.40 bits per heavy atom. The normalized spacial score (nSPS) is 19.2. The highest BCUT2D eigenvalue weighted by atomic mass is 127. The van der Waals surface area contributed by atoms with Crippen molar-refractivity contribution in [1.82, 2.24) is 20.0 Å². The van der Waals surface area contributed by atoms with E-state index in [-0.39, 0.29) is 24.0 Å². The molecule has 0 saturated carbocycles. The monoisotopic (exact) mass is 527 g/mol. The summed E-state index contributed by atoms with van der Waals surface area (Å²) >= 11 is 0. The lowest BCUT2D eigenvalue weighted by Crippen LogP contribution is -2.54. The molecule has 3 rings (SSSR count). The number of aliphatic imine (C=N–C) groups is 1. The number of guanidine groups is 1. The molecule has 0 aromatic heterocycles. The highest BCUT2D eigenvalue weighted by molar-refractivity contribution is 14.0. The lowest BCUT2D eigenvalue weighted by Gasteiger charge is -2.37. The number of benzene rings is 1. The molecule has 2 saturated heterocycles. The first kappa shape index (κ1) is 24.9. The van der Waals surface area contributed by atoms with Gasteiger partial charge in [-0.3, -0.25) is 14.7 Å². The molecule has 30 heavy (non-hydrogen) atoms. The molecule has 2 aliphatic heterocycles. The summed E-state index contributed by atoms with van der Waals surface area (Å²) in [6.45, 7) is 11.3. The minimum atomic E-state index is 0. The Balaban J connectivity index is 0.00000320.